The summed E-state index contributed by atoms with van der Waals surface area (Å²) in [5.74, 6) is 1.74. The Kier molecular flexibility index (Phi) is 2.22. The van der Waals surface area contributed by atoms with E-state index in [1.165, 1.54) is 0 Å². The summed E-state index contributed by atoms with van der Waals surface area (Å²) in [7, 11) is 0. The highest BCUT2D eigenvalue weighted by Crippen LogP contribution is 2.48. The average molecular weight is 224 g/mol. The van der Waals surface area contributed by atoms with Gasteiger partial charge in [0, 0.05) is 0 Å². The molecule has 2 aromatic rings. The van der Waals surface area contributed by atoms with Gasteiger partial charge in [0.15, 0.2) is 0 Å². The van der Waals surface area contributed by atoms with Crippen molar-refractivity contribution in [1.82, 2.24) is 0 Å². The van der Waals surface area contributed by atoms with Gasteiger partial charge in [-0.05, 0) is 35.9 Å². The van der Waals surface area contributed by atoms with Gasteiger partial charge < -0.3 is 4.74 Å². The van der Waals surface area contributed by atoms with Crippen LogP contribution in [0.1, 0.15) is 5.56 Å². The Morgan fingerprint density at radius 2 is 2.06 bits per heavy atom. The Hall–Kier alpha value is -1.67. The van der Waals surface area contributed by atoms with Crippen molar-refractivity contribution in [3.05, 3.63) is 54.6 Å². The standard InChI is InChI=1S/C14H8OS/c1-2-10-6-5-8-12-14(10)16-13-9-4-3-7-11(13)15-12/h1-5,7-9H. The number of rotatable bonds is 1. The molecule has 0 fully saturated rings. The summed E-state index contributed by atoms with van der Waals surface area (Å²) in [4.78, 5) is 2.14. The average Bonchev–Trinajstić information content (AvgIpc) is 2.35. The van der Waals surface area contributed by atoms with Crippen molar-refractivity contribution in [3.8, 4) is 11.5 Å². The summed E-state index contributed by atoms with van der Waals surface area (Å²) >= 11 is 1.67. The second kappa shape index (κ2) is 3.72. The molecule has 2 heteroatoms. The van der Waals surface area contributed by atoms with Crippen LogP contribution in [-0.4, -0.2) is 0 Å². The van der Waals surface area contributed by atoms with E-state index in [0.29, 0.717) is 0 Å². The van der Waals surface area contributed by atoms with Gasteiger partial charge in [0.1, 0.15) is 11.5 Å². The number of hydrogen-bond acceptors (Lipinski definition) is 2. The first-order chi connectivity index (χ1) is 7.88. The minimum atomic E-state index is 0.846. The normalized spacial score (nSPS) is 12.2. The maximum absolute atomic E-state index is 5.80. The summed E-state index contributed by atoms with van der Waals surface area (Å²) < 4.78 is 5.80. The van der Waals surface area contributed by atoms with Crippen LogP contribution in [0.2, 0.25) is 0 Å². The smallest absolute Gasteiger partial charge is 0.142 e. The number of hydrogen-bond donors (Lipinski definition) is 0. The van der Waals surface area contributed by atoms with E-state index in [-0.39, 0.29) is 0 Å². The summed E-state index contributed by atoms with van der Waals surface area (Å²) in [5.41, 5.74) is 0.886. The molecule has 0 aromatic heterocycles. The van der Waals surface area contributed by atoms with E-state index in [0.717, 1.165) is 26.9 Å². The van der Waals surface area contributed by atoms with Crippen LogP contribution in [0.4, 0.5) is 0 Å². The number of fused-ring (bicyclic) bond motifs is 2. The number of ether oxygens (including phenoxy) is 1. The molecular weight excluding hydrogens is 216 g/mol. The van der Waals surface area contributed by atoms with Crippen molar-refractivity contribution >= 4 is 17.8 Å². The summed E-state index contributed by atoms with van der Waals surface area (Å²) in [6, 6.07) is 14.8. The Bertz CT molecular complexity index is 560. The molecule has 76 valence electrons. The number of para-hydroxylation sites is 1. The van der Waals surface area contributed by atoms with Crippen molar-refractivity contribution in [2.75, 3.05) is 0 Å². The van der Waals surface area contributed by atoms with Gasteiger partial charge in [-0.1, -0.05) is 36.5 Å². The molecule has 0 unspecified atom stereocenters. The van der Waals surface area contributed by atoms with Gasteiger partial charge in [-0.15, -0.1) is 0 Å². The molecule has 0 saturated heterocycles. The zero-order valence-electron chi connectivity index (χ0n) is 8.44. The highest BCUT2D eigenvalue weighted by molar-refractivity contribution is 7.99. The van der Waals surface area contributed by atoms with Gasteiger partial charge in [-0.3, -0.25) is 0 Å². The van der Waals surface area contributed by atoms with Crippen molar-refractivity contribution in [2.24, 2.45) is 0 Å². The first-order valence-corrected chi connectivity index (χ1v) is 5.74. The fourth-order valence-electron chi connectivity index (χ4n) is 1.64. The van der Waals surface area contributed by atoms with Crippen LogP contribution in [0.3, 0.4) is 0 Å². The van der Waals surface area contributed by atoms with E-state index >= 15 is 0 Å². The SMILES string of the molecule is [CH]=Cc1[c]ccc2c1Sc1ccccc1O2. The molecule has 0 spiro atoms. The van der Waals surface area contributed by atoms with Crippen molar-refractivity contribution in [3.63, 3.8) is 0 Å². The lowest BCUT2D eigenvalue weighted by atomic mass is 10.2. The van der Waals surface area contributed by atoms with Gasteiger partial charge >= 0.3 is 0 Å². The molecule has 0 atom stereocenters. The quantitative estimate of drug-likeness (QED) is 0.613. The fourth-order valence-corrected chi connectivity index (χ4v) is 2.66. The molecule has 1 aliphatic heterocycles. The minimum absolute atomic E-state index is 0.846. The predicted molar refractivity (Wildman–Crippen MR) is 64.7 cm³/mol. The molecule has 0 N–H and O–H groups in total. The molecule has 2 aromatic carbocycles. The molecule has 0 aliphatic carbocycles. The van der Waals surface area contributed by atoms with Crippen LogP contribution in [0, 0.1) is 12.6 Å². The monoisotopic (exact) mass is 224 g/mol. The summed E-state index contributed by atoms with van der Waals surface area (Å²) in [6.07, 6.45) is 1.56. The highest BCUT2D eigenvalue weighted by atomic mass is 32.2. The van der Waals surface area contributed by atoms with E-state index in [9.17, 15) is 0 Å². The molecule has 1 aliphatic rings. The zero-order chi connectivity index (χ0) is 11.0. The third-order valence-corrected chi connectivity index (χ3v) is 3.57. The topological polar surface area (TPSA) is 9.23 Å². The van der Waals surface area contributed by atoms with Gasteiger partial charge in [0.25, 0.3) is 0 Å². The van der Waals surface area contributed by atoms with Crippen molar-refractivity contribution in [2.45, 2.75) is 9.79 Å². The Morgan fingerprint density at radius 1 is 1.19 bits per heavy atom. The first kappa shape index (κ1) is 9.55. The lowest BCUT2D eigenvalue weighted by molar-refractivity contribution is 0.454. The largest absolute Gasteiger partial charge is 0.455 e. The van der Waals surface area contributed by atoms with Crippen LogP contribution >= 0.6 is 11.8 Å². The molecule has 0 bridgehead atoms. The Morgan fingerprint density at radius 3 is 2.94 bits per heavy atom. The van der Waals surface area contributed by atoms with E-state index in [1.54, 1.807) is 17.8 Å². The molecule has 1 heterocycles. The third-order valence-electron chi connectivity index (χ3n) is 2.39. The molecule has 0 amide bonds. The number of benzene rings is 2. The minimum Gasteiger partial charge on any atom is -0.455 e. The summed E-state index contributed by atoms with van der Waals surface area (Å²) in [5, 5.41) is 0. The van der Waals surface area contributed by atoms with E-state index in [1.807, 2.05) is 36.4 Å². The van der Waals surface area contributed by atoms with Crippen LogP contribution in [-0.2, 0) is 0 Å². The second-order valence-electron chi connectivity index (χ2n) is 3.40. The molecule has 3 rings (SSSR count). The van der Waals surface area contributed by atoms with E-state index < -0.39 is 0 Å². The van der Waals surface area contributed by atoms with Crippen molar-refractivity contribution < 1.29 is 4.74 Å². The van der Waals surface area contributed by atoms with E-state index in [2.05, 4.69) is 6.07 Å². The van der Waals surface area contributed by atoms with Crippen molar-refractivity contribution in [1.29, 1.82) is 0 Å². The van der Waals surface area contributed by atoms with Gasteiger partial charge in [-0.2, -0.15) is 0 Å². The fraction of sp³-hybridized carbons (Fsp3) is 0. The summed E-state index contributed by atoms with van der Waals surface area (Å²) in [6.45, 7) is 5.57. The second-order valence-corrected chi connectivity index (χ2v) is 4.45. The van der Waals surface area contributed by atoms with Gasteiger partial charge in [0.05, 0.1) is 9.79 Å². The van der Waals surface area contributed by atoms with Gasteiger partial charge in [0.2, 0.25) is 0 Å². The third kappa shape index (κ3) is 1.42. The van der Waals surface area contributed by atoms with Crippen LogP contribution in [0.5, 0.6) is 11.5 Å². The van der Waals surface area contributed by atoms with Gasteiger partial charge in [-0.25, -0.2) is 0 Å². The maximum atomic E-state index is 5.80. The van der Waals surface area contributed by atoms with Crippen LogP contribution in [0.15, 0.2) is 46.2 Å². The predicted octanol–water partition coefficient (Wildman–Crippen LogP) is 4.19. The molecule has 0 saturated carbocycles. The lowest BCUT2D eigenvalue weighted by Crippen LogP contribution is -1.96. The highest BCUT2D eigenvalue weighted by Gasteiger charge is 2.18. The van der Waals surface area contributed by atoms with Crippen LogP contribution < -0.4 is 4.74 Å². The Labute approximate surface area is 98.8 Å². The lowest BCUT2D eigenvalue weighted by Gasteiger charge is -2.20. The Balaban J connectivity index is 2.15. The molecule has 1 nitrogen and oxygen atoms in total. The molecule has 2 radical (unpaired) electrons. The van der Waals surface area contributed by atoms with Crippen LogP contribution in [0.25, 0.3) is 6.08 Å². The molecule has 16 heavy (non-hydrogen) atoms. The first-order valence-electron chi connectivity index (χ1n) is 4.93. The molecular formula is C14H8OS. The maximum Gasteiger partial charge on any atom is 0.142 e. The van der Waals surface area contributed by atoms with E-state index in [4.69, 9.17) is 11.3 Å². The zero-order valence-corrected chi connectivity index (χ0v) is 9.25.